The zero-order valence-corrected chi connectivity index (χ0v) is 11.4. The third-order valence-electron chi connectivity index (χ3n) is 3.22. The predicted molar refractivity (Wildman–Crippen MR) is 75.5 cm³/mol. The molecule has 21 heavy (non-hydrogen) atoms. The number of nitrogens with two attached hydrogens (primary N) is 1. The van der Waals surface area contributed by atoms with E-state index in [-0.39, 0.29) is 12.6 Å². The monoisotopic (exact) mass is 298 g/mol. The molecule has 2 rings (SSSR count). The number of fused-ring (bicyclic) bond motifs is 1. The molecule has 0 aliphatic heterocycles. The summed E-state index contributed by atoms with van der Waals surface area (Å²) < 4.78 is 40.7. The highest BCUT2D eigenvalue weighted by Gasteiger charge is 2.27. The number of rotatable bonds is 6. The second-order valence-electron chi connectivity index (χ2n) is 4.74. The molecule has 0 aliphatic rings. The number of halogens is 3. The van der Waals surface area contributed by atoms with Gasteiger partial charge in [-0.25, -0.2) is 0 Å². The molecule has 2 aromatic carbocycles. The molecule has 0 aliphatic carbocycles. The SMILES string of the molecule is NNC(CCOCC(F)(F)F)c1cccc2ccccc12. The van der Waals surface area contributed by atoms with Crippen molar-refractivity contribution in [1.29, 1.82) is 0 Å². The first-order chi connectivity index (χ1) is 10.0. The average molecular weight is 298 g/mol. The molecule has 114 valence electrons. The van der Waals surface area contributed by atoms with E-state index in [0.717, 1.165) is 16.3 Å². The second kappa shape index (κ2) is 6.89. The minimum absolute atomic E-state index is 0.0163. The third-order valence-corrected chi connectivity index (χ3v) is 3.22. The molecule has 0 bridgehead atoms. The van der Waals surface area contributed by atoms with Crippen molar-refractivity contribution < 1.29 is 17.9 Å². The third kappa shape index (κ3) is 4.42. The van der Waals surface area contributed by atoms with Gasteiger partial charge >= 0.3 is 6.18 Å². The highest BCUT2D eigenvalue weighted by atomic mass is 19.4. The Morgan fingerprint density at radius 2 is 1.81 bits per heavy atom. The van der Waals surface area contributed by atoms with Crippen molar-refractivity contribution in [3.63, 3.8) is 0 Å². The Bertz CT molecular complexity index is 581. The van der Waals surface area contributed by atoms with Gasteiger partial charge in [-0.05, 0) is 22.8 Å². The number of nitrogens with one attached hydrogen (secondary N) is 1. The predicted octanol–water partition coefficient (Wildman–Crippen LogP) is 3.31. The minimum atomic E-state index is -4.30. The molecule has 2 aromatic rings. The van der Waals surface area contributed by atoms with E-state index in [1.165, 1.54) is 0 Å². The van der Waals surface area contributed by atoms with Gasteiger partial charge in [-0.1, -0.05) is 42.5 Å². The molecule has 0 saturated carbocycles. The van der Waals surface area contributed by atoms with E-state index < -0.39 is 12.8 Å². The summed E-state index contributed by atoms with van der Waals surface area (Å²) in [5.74, 6) is 5.54. The molecular weight excluding hydrogens is 281 g/mol. The average Bonchev–Trinajstić information content (AvgIpc) is 2.46. The van der Waals surface area contributed by atoms with E-state index in [9.17, 15) is 13.2 Å². The highest BCUT2D eigenvalue weighted by molar-refractivity contribution is 5.86. The Morgan fingerprint density at radius 3 is 2.52 bits per heavy atom. The van der Waals surface area contributed by atoms with E-state index in [1.54, 1.807) is 0 Å². The summed E-state index contributed by atoms with van der Waals surface area (Å²) >= 11 is 0. The van der Waals surface area contributed by atoms with Crippen LogP contribution in [0, 0.1) is 0 Å². The Balaban J connectivity index is 2.06. The van der Waals surface area contributed by atoms with Crippen LogP contribution in [0.3, 0.4) is 0 Å². The largest absolute Gasteiger partial charge is 0.411 e. The molecule has 0 spiro atoms. The topological polar surface area (TPSA) is 47.3 Å². The van der Waals surface area contributed by atoms with Crippen LogP contribution < -0.4 is 11.3 Å². The number of ether oxygens (including phenoxy) is 1. The first kappa shape index (κ1) is 15.8. The number of hydrazine groups is 1. The molecule has 0 radical (unpaired) electrons. The van der Waals surface area contributed by atoms with E-state index in [4.69, 9.17) is 5.84 Å². The standard InChI is InChI=1S/C15H17F3N2O/c16-15(17,18)10-21-9-8-14(20-19)13-7-3-5-11-4-1-2-6-12(11)13/h1-7,14,20H,8-10,19H2. The summed E-state index contributed by atoms with van der Waals surface area (Å²) in [4.78, 5) is 0. The van der Waals surface area contributed by atoms with Crippen LogP contribution in [-0.2, 0) is 4.74 Å². The van der Waals surface area contributed by atoms with Crippen LogP contribution in [-0.4, -0.2) is 19.4 Å². The summed E-state index contributed by atoms with van der Waals surface area (Å²) in [6, 6.07) is 13.3. The fourth-order valence-corrected chi connectivity index (χ4v) is 2.27. The molecule has 0 heterocycles. The van der Waals surface area contributed by atoms with Crippen molar-refractivity contribution in [2.45, 2.75) is 18.6 Å². The summed E-state index contributed by atoms with van der Waals surface area (Å²) in [6.45, 7) is -1.25. The van der Waals surface area contributed by atoms with Crippen molar-refractivity contribution in [3.05, 3.63) is 48.0 Å². The van der Waals surface area contributed by atoms with Crippen LogP contribution in [0.25, 0.3) is 10.8 Å². The van der Waals surface area contributed by atoms with Crippen LogP contribution in [0.4, 0.5) is 13.2 Å². The van der Waals surface area contributed by atoms with Crippen molar-refractivity contribution in [2.75, 3.05) is 13.2 Å². The Labute approximate surface area is 120 Å². The fraction of sp³-hybridized carbons (Fsp3) is 0.333. The van der Waals surface area contributed by atoms with Gasteiger partial charge in [0.25, 0.3) is 0 Å². The number of alkyl halides is 3. The summed E-state index contributed by atoms with van der Waals surface area (Å²) in [5.41, 5.74) is 3.60. The van der Waals surface area contributed by atoms with E-state index in [2.05, 4.69) is 10.2 Å². The molecule has 3 nitrogen and oxygen atoms in total. The molecule has 3 N–H and O–H groups in total. The number of hydrogen-bond acceptors (Lipinski definition) is 3. The zero-order valence-electron chi connectivity index (χ0n) is 11.4. The van der Waals surface area contributed by atoms with E-state index in [0.29, 0.717) is 6.42 Å². The summed E-state index contributed by atoms with van der Waals surface area (Å²) in [7, 11) is 0. The van der Waals surface area contributed by atoms with Gasteiger partial charge in [-0.2, -0.15) is 13.2 Å². The Kier molecular flexibility index (Phi) is 5.17. The van der Waals surface area contributed by atoms with Crippen LogP contribution in [0.1, 0.15) is 18.0 Å². The zero-order chi connectivity index (χ0) is 15.3. The van der Waals surface area contributed by atoms with Crippen LogP contribution >= 0.6 is 0 Å². The van der Waals surface area contributed by atoms with Gasteiger partial charge in [0.15, 0.2) is 0 Å². The van der Waals surface area contributed by atoms with Crippen molar-refractivity contribution in [1.82, 2.24) is 5.43 Å². The molecular formula is C15H17F3N2O. The molecule has 0 amide bonds. The van der Waals surface area contributed by atoms with Gasteiger partial charge in [-0.3, -0.25) is 11.3 Å². The van der Waals surface area contributed by atoms with Crippen LogP contribution in [0.5, 0.6) is 0 Å². The highest BCUT2D eigenvalue weighted by Crippen LogP contribution is 2.26. The van der Waals surface area contributed by atoms with Gasteiger partial charge in [-0.15, -0.1) is 0 Å². The Morgan fingerprint density at radius 1 is 1.10 bits per heavy atom. The molecule has 0 saturated heterocycles. The maximum Gasteiger partial charge on any atom is 0.411 e. The normalized spacial score (nSPS) is 13.5. The fourth-order valence-electron chi connectivity index (χ4n) is 2.27. The smallest absolute Gasteiger partial charge is 0.372 e. The van der Waals surface area contributed by atoms with Crippen molar-refractivity contribution in [2.24, 2.45) is 5.84 Å². The molecule has 6 heteroatoms. The van der Waals surface area contributed by atoms with E-state index in [1.807, 2.05) is 42.5 Å². The maximum atomic E-state index is 12.0. The lowest BCUT2D eigenvalue weighted by Crippen LogP contribution is -2.29. The van der Waals surface area contributed by atoms with Crippen LogP contribution in [0.15, 0.2) is 42.5 Å². The van der Waals surface area contributed by atoms with Gasteiger partial charge < -0.3 is 4.74 Å². The van der Waals surface area contributed by atoms with Crippen molar-refractivity contribution >= 4 is 10.8 Å². The number of benzene rings is 2. The quantitative estimate of drug-likeness (QED) is 0.488. The van der Waals surface area contributed by atoms with Gasteiger partial charge in [0.1, 0.15) is 6.61 Å². The minimum Gasteiger partial charge on any atom is -0.372 e. The lowest BCUT2D eigenvalue weighted by Gasteiger charge is -2.18. The van der Waals surface area contributed by atoms with E-state index >= 15 is 0 Å². The van der Waals surface area contributed by atoms with Crippen LogP contribution in [0.2, 0.25) is 0 Å². The lowest BCUT2D eigenvalue weighted by molar-refractivity contribution is -0.174. The molecule has 0 fully saturated rings. The Hall–Kier alpha value is -1.63. The van der Waals surface area contributed by atoms with Gasteiger partial charge in [0, 0.05) is 12.6 Å². The lowest BCUT2D eigenvalue weighted by atomic mass is 9.97. The summed E-state index contributed by atoms with van der Waals surface area (Å²) in [5, 5.41) is 2.09. The van der Waals surface area contributed by atoms with Crippen molar-refractivity contribution in [3.8, 4) is 0 Å². The van der Waals surface area contributed by atoms with Gasteiger partial charge in [0.05, 0.1) is 0 Å². The molecule has 1 unspecified atom stereocenters. The maximum absolute atomic E-state index is 12.0. The first-order valence-electron chi connectivity index (χ1n) is 6.59. The second-order valence-corrected chi connectivity index (χ2v) is 4.74. The number of hydrogen-bond donors (Lipinski definition) is 2. The molecule has 1 atom stereocenters. The van der Waals surface area contributed by atoms with Gasteiger partial charge in [0.2, 0.25) is 0 Å². The summed E-state index contributed by atoms with van der Waals surface area (Å²) in [6.07, 6.45) is -3.94. The first-order valence-corrected chi connectivity index (χ1v) is 6.59. The molecule has 0 aromatic heterocycles.